The second-order valence-corrected chi connectivity index (χ2v) is 4.26. The molecular formula is C16H14N2O3. The third kappa shape index (κ3) is 3.12. The highest BCUT2D eigenvalue weighted by molar-refractivity contribution is 5.96. The SMILES string of the molecule is COc1cccc(C(N)=O)c1OCc1ccccc1C#N. The van der Waals surface area contributed by atoms with Crippen molar-refractivity contribution < 1.29 is 14.3 Å². The average molecular weight is 282 g/mol. The number of amides is 1. The Kier molecular flexibility index (Phi) is 4.42. The number of benzene rings is 2. The van der Waals surface area contributed by atoms with E-state index in [9.17, 15) is 4.79 Å². The van der Waals surface area contributed by atoms with Crippen LogP contribution >= 0.6 is 0 Å². The highest BCUT2D eigenvalue weighted by atomic mass is 16.5. The molecule has 0 radical (unpaired) electrons. The van der Waals surface area contributed by atoms with E-state index in [1.165, 1.54) is 7.11 Å². The third-order valence-corrected chi connectivity index (χ3v) is 2.97. The van der Waals surface area contributed by atoms with Crippen LogP contribution in [0.2, 0.25) is 0 Å². The van der Waals surface area contributed by atoms with Crippen molar-refractivity contribution in [2.75, 3.05) is 7.11 Å². The van der Waals surface area contributed by atoms with Gasteiger partial charge in [-0.05, 0) is 18.2 Å². The van der Waals surface area contributed by atoms with Gasteiger partial charge in [-0.2, -0.15) is 5.26 Å². The molecule has 5 nitrogen and oxygen atoms in total. The zero-order valence-electron chi connectivity index (χ0n) is 11.5. The second kappa shape index (κ2) is 6.44. The van der Waals surface area contributed by atoms with Gasteiger partial charge < -0.3 is 15.2 Å². The molecule has 1 amide bonds. The number of carbonyl (C=O) groups excluding carboxylic acids is 1. The number of methoxy groups -OCH3 is 1. The van der Waals surface area contributed by atoms with Crippen LogP contribution in [0.3, 0.4) is 0 Å². The largest absolute Gasteiger partial charge is 0.493 e. The van der Waals surface area contributed by atoms with Crippen molar-refractivity contribution in [3.8, 4) is 17.6 Å². The maximum atomic E-state index is 11.5. The minimum atomic E-state index is -0.600. The minimum Gasteiger partial charge on any atom is -0.493 e. The number of carbonyl (C=O) groups is 1. The lowest BCUT2D eigenvalue weighted by molar-refractivity contribution is 0.0995. The number of nitrogens with two attached hydrogens (primary N) is 1. The number of nitriles is 1. The van der Waals surface area contributed by atoms with Crippen molar-refractivity contribution in [3.05, 3.63) is 59.2 Å². The summed E-state index contributed by atoms with van der Waals surface area (Å²) in [7, 11) is 1.48. The van der Waals surface area contributed by atoms with Crippen molar-refractivity contribution in [2.45, 2.75) is 6.61 Å². The molecule has 0 aliphatic carbocycles. The molecule has 106 valence electrons. The fourth-order valence-corrected chi connectivity index (χ4v) is 1.92. The van der Waals surface area contributed by atoms with E-state index in [1.54, 1.807) is 36.4 Å². The lowest BCUT2D eigenvalue weighted by atomic mass is 10.1. The van der Waals surface area contributed by atoms with Gasteiger partial charge in [0.05, 0.1) is 24.3 Å². The molecule has 0 bridgehead atoms. The van der Waals surface area contributed by atoms with Gasteiger partial charge in [-0.25, -0.2) is 0 Å². The molecule has 0 saturated carbocycles. The van der Waals surface area contributed by atoms with Crippen LogP contribution in [0.5, 0.6) is 11.5 Å². The molecule has 0 unspecified atom stereocenters. The first-order chi connectivity index (χ1) is 10.2. The Morgan fingerprint density at radius 1 is 1.24 bits per heavy atom. The Morgan fingerprint density at radius 3 is 2.67 bits per heavy atom. The van der Waals surface area contributed by atoms with E-state index in [0.717, 1.165) is 5.56 Å². The summed E-state index contributed by atoms with van der Waals surface area (Å²) in [5, 5.41) is 9.05. The number of nitrogens with zero attached hydrogens (tertiary/aromatic N) is 1. The van der Waals surface area contributed by atoms with Crippen LogP contribution < -0.4 is 15.2 Å². The molecule has 2 aromatic rings. The molecule has 0 fully saturated rings. The van der Waals surface area contributed by atoms with Gasteiger partial charge in [0, 0.05) is 5.56 Å². The molecule has 2 N–H and O–H groups in total. The summed E-state index contributed by atoms with van der Waals surface area (Å²) in [5.41, 5.74) is 6.82. The quantitative estimate of drug-likeness (QED) is 0.911. The Hall–Kier alpha value is -3.00. The minimum absolute atomic E-state index is 0.143. The molecule has 0 saturated heterocycles. The molecule has 2 rings (SSSR count). The van der Waals surface area contributed by atoms with Gasteiger partial charge >= 0.3 is 0 Å². The normalized spacial score (nSPS) is 9.71. The second-order valence-electron chi connectivity index (χ2n) is 4.26. The standard InChI is InChI=1S/C16H14N2O3/c1-20-14-8-4-7-13(16(18)19)15(14)21-10-12-6-3-2-5-11(12)9-17/h2-8H,10H2,1H3,(H2,18,19). The van der Waals surface area contributed by atoms with Crippen LogP contribution in [-0.2, 0) is 6.61 Å². The third-order valence-electron chi connectivity index (χ3n) is 2.97. The van der Waals surface area contributed by atoms with Gasteiger partial charge in [0.1, 0.15) is 6.61 Å². The Bertz CT molecular complexity index is 705. The van der Waals surface area contributed by atoms with Crippen LogP contribution in [0.25, 0.3) is 0 Å². The summed E-state index contributed by atoms with van der Waals surface area (Å²) < 4.78 is 10.9. The first kappa shape index (κ1) is 14.4. The van der Waals surface area contributed by atoms with Crippen molar-refractivity contribution in [3.63, 3.8) is 0 Å². The van der Waals surface area contributed by atoms with Gasteiger partial charge in [0.25, 0.3) is 5.91 Å². The zero-order chi connectivity index (χ0) is 15.2. The van der Waals surface area contributed by atoms with Crippen LogP contribution in [0.1, 0.15) is 21.5 Å². The molecular weight excluding hydrogens is 268 g/mol. The van der Waals surface area contributed by atoms with Crippen LogP contribution in [0, 0.1) is 11.3 Å². The lowest BCUT2D eigenvalue weighted by Gasteiger charge is -2.14. The van der Waals surface area contributed by atoms with E-state index in [2.05, 4.69) is 6.07 Å². The number of rotatable bonds is 5. The lowest BCUT2D eigenvalue weighted by Crippen LogP contribution is -2.13. The molecule has 0 heterocycles. The summed E-state index contributed by atoms with van der Waals surface area (Å²) in [6, 6.07) is 14.1. The zero-order valence-corrected chi connectivity index (χ0v) is 11.5. The van der Waals surface area contributed by atoms with E-state index in [4.69, 9.17) is 20.5 Å². The summed E-state index contributed by atoms with van der Waals surface area (Å²) >= 11 is 0. The van der Waals surface area contributed by atoms with Gasteiger partial charge in [-0.15, -0.1) is 0 Å². The van der Waals surface area contributed by atoms with Gasteiger partial charge in [-0.1, -0.05) is 24.3 Å². The highest BCUT2D eigenvalue weighted by Gasteiger charge is 2.15. The molecule has 0 atom stereocenters. The first-order valence-electron chi connectivity index (χ1n) is 6.25. The van der Waals surface area contributed by atoms with Crippen LogP contribution in [0.4, 0.5) is 0 Å². The predicted octanol–water partition coefficient (Wildman–Crippen LogP) is 2.24. The topological polar surface area (TPSA) is 85.3 Å². The fourth-order valence-electron chi connectivity index (χ4n) is 1.92. The Balaban J connectivity index is 2.32. The van der Waals surface area contributed by atoms with Crippen molar-refractivity contribution >= 4 is 5.91 Å². The van der Waals surface area contributed by atoms with Gasteiger partial charge in [0.2, 0.25) is 0 Å². The van der Waals surface area contributed by atoms with Gasteiger partial charge in [-0.3, -0.25) is 4.79 Å². The van der Waals surface area contributed by atoms with Crippen molar-refractivity contribution in [1.29, 1.82) is 5.26 Å². The van der Waals surface area contributed by atoms with Crippen LogP contribution in [-0.4, -0.2) is 13.0 Å². The number of hydrogen-bond donors (Lipinski definition) is 1. The number of primary amides is 1. The van der Waals surface area contributed by atoms with E-state index >= 15 is 0 Å². The molecule has 5 heteroatoms. The van der Waals surface area contributed by atoms with Gasteiger partial charge in [0.15, 0.2) is 11.5 Å². The first-order valence-corrected chi connectivity index (χ1v) is 6.25. The smallest absolute Gasteiger partial charge is 0.252 e. The van der Waals surface area contributed by atoms with E-state index in [0.29, 0.717) is 11.3 Å². The summed E-state index contributed by atoms with van der Waals surface area (Å²) in [6.45, 7) is 0.143. The van der Waals surface area contributed by atoms with E-state index < -0.39 is 5.91 Å². The highest BCUT2D eigenvalue weighted by Crippen LogP contribution is 2.31. The van der Waals surface area contributed by atoms with Crippen molar-refractivity contribution in [1.82, 2.24) is 0 Å². The fraction of sp³-hybridized carbons (Fsp3) is 0.125. The summed E-state index contributed by atoms with van der Waals surface area (Å²) in [6.07, 6.45) is 0. The molecule has 21 heavy (non-hydrogen) atoms. The number of ether oxygens (including phenoxy) is 2. The van der Waals surface area contributed by atoms with E-state index in [1.807, 2.05) is 6.07 Å². The molecule has 0 aliphatic heterocycles. The Morgan fingerprint density at radius 2 is 2.00 bits per heavy atom. The summed E-state index contributed by atoms with van der Waals surface area (Å²) in [4.78, 5) is 11.5. The molecule has 0 aromatic heterocycles. The maximum absolute atomic E-state index is 11.5. The number of hydrogen-bond acceptors (Lipinski definition) is 4. The number of para-hydroxylation sites is 1. The predicted molar refractivity (Wildman–Crippen MR) is 77.0 cm³/mol. The molecule has 0 aliphatic rings. The monoisotopic (exact) mass is 282 g/mol. The Labute approximate surface area is 122 Å². The van der Waals surface area contributed by atoms with Crippen molar-refractivity contribution in [2.24, 2.45) is 5.73 Å². The molecule has 2 aromatic carbocycles. The molecule has 0 spiro atoms. The maximum Gasteiger partial charge on any atom is 0.252 e. The summed E-state index contributed by atoms with van der Waals surface area (Å²) in [5.74, 6) is 0.0958. The van der Waals surface area contributed by atoms with E-state index in [-0.39, 0.29) is 17.9 Å². The average Bonchev–Trinajstić information content (AvgIpc) is 2.52. The van der Waals surface area contributed by atoms with Crippen LogP contribution in [0.15, 0.2) is 42.5 Å².